The summed E-state index contributed by atoms with van der Waals surface area (Å²) in [5.41, 5.74) is 0. The van der Waals surface area contributed by atoms with Crippen LogP contribution in [0.1, 0.15) is 52.4 Å². The van der Waals surface area contributed by atoms with Gasteiger partial charge in [-0.1, -0.05) is 39.2 Å². The number of hydrogen-bond donors (Lipinski definition) is 0. The topological polar surface area (TPSA) is 0 Å². The lowest BCUT2D eigenvalue weighted by atomic mass is 10.2. The molecule has 0 aliphatic rings. The maximum absolute atomic E-state index is 2.47. The lowest BCUT2D eigenvalue weighted by Gasteiger charge is -1.96. The number of hydrogen-bond acceptors (Lipinski definition) is 0. The lowest BCUT2D eigenvalue weighted by Crippen LogP contribution is -1.74. The maximum Gasteiger partial charge on any atom is -0.0134 e. The first-order chi connectivity index (χ1) is 5.31. The highest BCUT2D eigenvalue weighted by atomic mass is 127. The van der Waals surface area contributed by atoms with E-state index in [-0.39, 0.29) is 0 Å². The van der Waals surface area contributed by atoms with E-state index in [0.717, 1.165) is 0 Å². The summed E-state index contributed by atoms with van der Waals surface area (Å²) in [7, 11) is 0. The van der Waals surface area contributed by atoms with E-state index >= 15 is 0 Å². The monoisotopic (exact) mass is 266 g/mol. The van der Waals surface area contributed by atoms with Crippen LogP contribution in [0.4, 0.5) is 0 Å². The second-order valence-corrected chi connectivity index (χ2v) is 4.28. The molecular weight excluding hydrogens is 247 g/mol. The standard InChI is InChI=1S/C10H19I/c1-3-5-7-9-10(11)8-6-4-2/h9H,3-8H2,1-2H3/b10-9+. The van der Waals surface area contributed by atoms with E-state index < -0.39 is 0 Å². The van der Waals surface area contributed by atoms with Crippen molar-refractivity contribution in [3.05, 3.63) is 9.66 Å². The van der Waals surface area contributed by atoms with Crippen LogP contribution in [0.5, 0.6) is 0 Å². The first-order valence-electron chi connectivity index (χ1n) is 4.65. The molecule has 0 aromatic carbocycles. The van der Waals surface area contributed by atoms with Gasteiger partial charge in [0, 0.05) is 0 Å². The van der Waals surface area contributed by atoms with Crippen molar-refractivity contribution in [1.82, 2.24) is 0 Å². The Kier molecular flexibility index (Phi) is 8.93. The van der Waals surface area contributed by atoms with Crippen LogP contribution in [0.15, 0.2) is 9.66 Å². The Balaban J connectivity index is 3.30. The predicted octanol–water partition coefficient (Wildman–Crippen LogP) is 4.69. The number of unbranched alkanes of at least 4 members (excludes halogenated alkanes) is 3. The van der Waals surface area contributed by atoms with Gasteiger partial charge >= 0.3 is 0 Å². The zero-order valence-corrected chi connectivity index (χ0v) is 9.86. The zero-order chi connectivity index (χ0) is 8.53. The minimum Gasteiger partial charge on any atom is -0.0752 e. The molecule has 0 saturated carbocycles. The molecule has 0 spiro atoms. The Morgan fingerprint density at radius 1 is 1.18 bits per heavy atom. The first kappa shape index (κ1) is 11.5. The van der Waals surface area contributed by atoms with Crippen molar-refractivity contribution in [3.63, 3.8) is 0 Å². The van der Waals surface area contributed by atoms with Gasteiger partial charge in [-0.2, -0.15) is 0 Å². The average molecular weight is 266 g/mol. The number of rotatable bonds is 6. The van der Waals surface area contributed by atoms with Gasteiger partial charge in [-0.15, -0.1) is 0 Å². The van der Waals surface area contributed by atoms with Gasteiger partial charge in [-0.05, 0) is 45.4 Å². The molecule has 0 aliphatic carbocycles. The van der Waals surface area contributed by atoms with E-state index in [9.17, 15) is 0 Å². The molecule has 11 heavy (non-hydrogen) atoms. The summed E-state index contributed by atoms with van der Waals surface area (Å²) in [6.07, 6.45) is 10.3. The normalized spacial score (nSPS) is 12.1. The van der Waals surface area contributed by atoms with Crippen LogP contribution in [0, 0.1) is 0 Å². The summed E-state index contributed by atoms with van der Waals surface area (Å²) in [6, 6.07) is 0. The lowest BCUT2D eigenvalue weighted by molar-refractivity contribution is 0.790. The van der Waals surface area contributed by atoms with Crippen molar-refractivity contribution < 1.29 is 0 Å². The van der Waals surface area contributed by atoms with Crippen molar-refractivity contribution in [3.8, 4) is 0 Å². The smallest absolute Gasteiger partial charge is 0.0134 e. The summed E-state index contributed by atoms with van der Waals surface area (Å²) < 4.78 is 1.55. The van der Waals surface area contributed by atoms with Crippen LogP contribution >= 0.6 is 22.6 Å². The van der Waals surface area contributed by atoms with Crippen LogP contribution in [-0.2, 0) is 0 Å². The minimum absolute atomic E-state index is 1.28. The molecule has 0 radical (unpaired) electrons. The van der Waals surface area contributed by atoms with Gasteiger partial charge in [0.2, 0.25) is 0 Å². The fraction of sp³-hybridized carbons (Fsp3) is 0.800. The molecule has 0 amide bonds. The molecule has 0 unspecified atom stereocenters. The molecular formula is C10H19I. The average Bonchev–Trinajstić information content (AvgIpc) is 2.01. The van der Waals surface area contributed by atoms with Crippen LogP contribution in [0.25, 0.3) is 0 Å². The summed E-state index contributed by atoms with van der Waals surface area (Å²) in [5.74, 6) is 0. The molecule has 0 aliphatic heterocycles. The van der Waals surface area contributed by atoms with Crippen LogP contribution < -0.4 is 0 Å². The Morgan fingerprint density at radius 3 is 2.36 bits per heavy atom. The fourth-order valence-corrected chi connectivity index (χ4v) is 1.60. The maximum atomic E-state index is 2.47. The van der Waals surface area contributed by atoms with Gasteiger partial charge in [0.15, 0.2) is 0 Å². The molecule has 0 fully saturated rings. The van der Waals surface area contributed by atoms with E-state index in [1.165, 1.54) is 38.5 Å². The second kappa shape index (κ2) is 8.57. The fourth-order valence-electron chi connectivity index (χ4n) is 0.911. The quantitative estimate of drug-likeness (QED) is 0.483. The Bertz CT molecular complexity index is 105. The van der Waals surface area contributed by atoms with E-state index in [1.54, 1.807) is 3.58 Å². The van der Waals surface area contributed by atoms with E-state index in [4.69, 9.17) is 0 Å². The van der Waals surface area contributed by atoms with Crippen molar-refractivity contribution >= 4 is 22.6 Å². The predicted molar refractivity (Wildman–Crippen MR) is 61.2 cm³/mol. The molecule has 0 N–H and O–H groups in total. The number of allylic oxidation sites excluding steroid dienone is 2. The van der Waals surface area contributed by atoms with Crippen molar-refractivity contribution in [2.75, 3.05) is 0 Å². The van der Waals surface area contributed by atoms with Crippen molar-refractivity contribution in [1.29, 1.82) is 0 Å². The highest BCUT2D eigenvalue weighted by Gasteiger charge is 1.89. The summed E-state index contributed by atoms with van der Waals surface area (Å²) in [4.78, 5) is 0. The first-order valence-corrected chi connectivity index (χ1v) is 5.73. The minimum atomic E-state index is 1.28. The third kappa shape index (κ3) is 8.38. The molecule has 0 rings (SSSR count). The number of halogens is 1. The summed E-state index contributed by atoms with van der Waals surface area (Å²) >= 11 is 2.47. The Morgan fingerprint density at radius 2 is 1.82 bits per heavy atom. The SMILES string of the molecule is CCCC/C=C(/I)CCCC. The summed E-state index contributed by atoms with van der Waals surface area (Å²) in [5, 5.41) is 0. The molecule has 0 aromatic heterocycles. The zero-order valence-electron chi connectivity index (χ0n) is 7.70. The van der Waals surface area contributed by atoms with Crippen LogP contribution in [0.2, 0.25) is 0 Å². The molecule has 0 heterocycles. The highest BCUT2D eigenvalue weighted by molar-refractivity contribution is 14.1. The molecule has 0 aromatic rings. The van der Waals surface area contributed by atoms with E-state index in [0.29, 0.717) is 0 Å². The van der Waals surface area contributed by atoms with Gasteiger partial charge in [0.05, 0.1) is 0 Å². The largest absolute Gasteiger partial charge is 0.0752 e. The van der Waals surface area contributed by atoms with E-state index in [2.05, 4.69) is 42.5 Å². The van der Waals surface area contributed by atoms with Gasteiger partial charge in [0.25, 0.3) is 0 Å². The van der Waals surface area contributed by atoms with E-state index in [1.807, 2.05) is 0 Å². The molecule has 0 bridgehead atoms. The molecule has 0 saturated heterocycles. The Hall–Kier alpha value is 0.470. The molecule has 0 nitrogen and oxygen atoms in total. The van der Waals surface area contributed by atoms with Crippen LogP contribution in [-0.4, -0.2) is 0 Å². The molecule has 0 atom stereocenters. The highest BCUT2D eigenvalue weighted by Crippen LogP contribution is 2.16. The third-order valence-electron chi connectivity index (χ3n) is 1.69. The molecule has 1 heteroatoms. The Labute approximate surface area is 84.6 Å². The molecule has 66 valence electrons. The van der Waals surface area contributed by atoms with Gasteiger partial charge in [0.1, 0.15) is 0 Å². The van der Waals surface area contributed by atoms with Gasteiger partial charge in [-0.25, -0.2) is 0 Å². The second-order valence-electron chi connectivity index (χ2n) is 2.90. The third-order valence-corrected chi connectivity index (χ3v) is 2.67. The van der Waals surface area contributed by atoms with Crippen LogP contribution in [0.3, 0.4) is 0 Å². The van der Waals surface area contributed by atoms with Crippen molar-refractivity contribution in [2.45, 2.75) is 52.4 Å². The van der Waals surface area contributed by atoms with Crippen molar-refractivity contribution in [2.24, 2.45) is 0 Å². The summed E-state index contributed by atoms with van der Waals surface area (Å²) in [6.45, 7) is 4.49. The van der Waals surface area contributed by atoms with Gasteiger partial charge < -0.3 is 0 Å². The van der Waals surface area contributed by atoms with Gasteiger partial charge in [-0.3, -0.25) is 0 Å².